The first-order chi connectivity index (χ1) is 12.0. The van der Waals surface area contributed by atoms with Crippen molar-refractivity contribution in [3.63, 3.8) is 0 Å². The Morgan fingerprint density at radius 3 is 2.84 bits per heavy atom. The van der Waals surface area contributed by atoms with E-state index in [0.29, 0.717) is 17.2 Å². The van der Waals surface area contributed by atoms with E-state index in [-0.39, 0.29) is 5.63 Å². The smallest absolute Gasteiger partial charge is 0.336 e. The van der Waals surface area contributed by atoms with E-state index in [4.69, 9.17) is 16.0 Å². The van der Waals surface area contributed by atoms with E-state index in [1.54, 1.807) is 6.07 Å². The molecule has 128 valence electrons. The Morgan fingerprint density at radius 1 is 1.16 bits per heavy atom. The quantitative estimate of drug-likeness (QED) is 0.607. The lowest BCUT2D eigenvalue weighted by Gasteiger charge is -2.32. The van der Waals surface area contributed by atoms with Crippen LogP contribution in [0.5, 0.6) is 0 Å². The van der Waals surface area contributed by atoms with Crippen LogP contribution in [-0.2, 0) is 13.0 Å². The molecule has 0 spiro atoms. The molecule has 0 atom stereocenters. The Balaban J connectivity index is 1.80. The average Bonchev–Trinajstić information content (AvgIpc) is 2.56. The highest BCUT2D eigenvalue weighted by atomic mass is 35.5. The molecular weight excluding hydrogens is 334 g/mol. The van der Waals surface area contributed by atoms with Crippen molar-refractivity contribution in [2.45, 2.75) is 33.2 Å². The van der Waals surface area contributed by atoms with Crippen LogP contribution < -0.4 is 10.5 Å². The molecule has 1 aliphatic rings. The number of benzene rings is 2. The van der Waals surface area contributed by atoms with Gasteiger partial charge >= 0.3 is 5.63 Å². The van der Waals surface area contributed by atoms with E-state index in [1.807, 2.05) is 19.1 Å². The van der Waals surface area contributed by atoms with Crippen molar-refractivity contribution >= 4 is 28.3 Å². The van der Waals surface area contributed by atoms with Gasteiger partial charge in [-0.3, -0.25) is 0 Å². The minimum absolute atomic E-state index is 0.314. The molecule has 0 aliphatic carbocycles. The molecule has 4 heteroatoms. The number of anilines is 1. The molecule has 4 rings (SSSR count). The highest BCUT2D eigenvalue weighted by Gasteiger charge is 2.19. The number of aryl methyl sites for hydroxylation is 3. The first-order valence-corrected chi connectivity index (χ1v) is 8.96. The number of nitrogens with zero attached hydrogens (tertiary/aromatic N) is 1. The number of hydrogen-bond acceptors (Lipinski definition) is 3. The topological polar surface area (TPSA) is 33.5 Å². The fraction of sp³-hybridized carbons (Fsp3) is 0.286. The van der Waals surface area contributed by atoms with Crippen LogP contribution in [0.25, 0.3) is 11.0 Å². The molecule has 2 heterocycles. The van der Waals surface area contributed by atoms with E-state index >= 15 is 0 Å². The van der Waals surface area contributed by atoms with Crippen molar-refractivity contribution in [3.8, 4) is 0 Å². The van der Waals surface area contributed by atoms with Gasteiger partial charge < -0.3 is 9.32 Å². The minimum atomic E-state index is -0.314. The number of hydrogen-bond donors (Lipinski definition) is 0. The zero-order valence-corrected chi connectivity index (χ0v) is 15.2. The molecule has 0 bridgehead atoms. The normalized spacial score (nSPS) is 14.0. The van der Waals surface area contributed by atoms with Gasteiger partial charge in [0, 0.05) is 35.3 Å². The van der Waals surface area contributed by atoms with Crippen molar-refractivity contribution < 1.29 is 4.42 Å². The van der Waals surface area contributed by atoms with Crippen LogP contribution in [0.2, 0.25) is 5.02 Å². The monoisotopic (exact) mass is 353 g/mol. The summed E-state index contributed by atoms with van der Waals surface area (Å²) < 4.78 is 5.38. The molecule has 3 nitrogen and oxygen atoms in total. The maximum Gasteiger partial charge on any atom is 0.336 e. The summed E-state index contributed by atoms with van der Waals surface area (Å²) in [6.45, 7) is 5.70. The number of rotatable bonds is 2. The van der Waals surface area contributed by atoms with E-state index in [2.05, 4.69) is 30.0 Å². The SMILES string of the molecule is Cc1ccc2c(c1)CCCN2Cc1cc(=O)oc2cc(C)c(Cl)cc12. The molecule has 0 N–H and O–H groups in total. The lowest BCUT2D eigenvalue weighted by Crippen LogP contribution is -2.29. The molecule has 0 amide bonds. The van der Waals surface area contributed by atoms with Gasteiger partial charge in [0.15, 0.2) is 0 Å². The molecule has 0 radical (unpaired) electrons. The van der Waals surface area contributed by atoms with Crippen LogP contribution in [-0.4, -0.2) is 6.54 Å². The van der Waals surface area contributed by atoms with Crippen LogP contribution in [0, 0.1) is 13.8 Å². The van der Waals surface area contributed by atoms with Crippen molar-refractivity contribution in [2.24, 2.45) is 0 Å². The fourth-order valence-electron chi connectivity index (χ4n) is 3.65. The molecule has 0 unspecified atom stereocenters. The summed E-state index contributed by atoms with van der Waals surface area (Å²) >= 11 is 6.31. The fourth-order valence-corrected chi connectivity index (χ4v) is 3.82. The third-order valence-corrected chi connectivity index (χ3v) is 5.33. The molecule has 2 aromatic carbocycles. The molecule has 1 aromatic heterocycles. The Hall–Kier alpha value is -2.26. The Bertz CT molecular complexity index is 1020. The summed E-state index contributed by atoms with van der Waals surface area (Å²) in [4.78, 5) is 14.4. The molecule has 25 heavy (non-hydrogen) atoms. The summed E-state index contributed by atoms with van der Waals surface area (Å²) in [5.74, 6) is 0. The van der Waals surface area contributed by atoms with Crippen LogP contribution >= 0.6 is 11.6 Å². The Kier molecular flexibility index (Phi) is 4.04. The van der Waals surface area contributed by atoms with Gasteiger partial charge in [-0.05, 0) is 61.6 Å². The van der Waals surface area contributed by atoms with Gasteiger partial charge in [0.25, 0.3) is 0 Å². The maximum absolute atomic E-state index is 12.0. The summed E-state index contributed by atoms with van der Waals surface area (Å²) in [5, 5.41) is 1.60. The highest BCUT2D eigenvalue weighted by molar-refractivity contribution is 6.32. The minimum Gasteiger partial charge on any atom is -0.423 e. The molecule has 1 aliphatic heterocycles. The van der Waals surface area contributed by atoms with E-state index < -0.39 is 0 Å². The van der Waals surface area contributed by atoms with Gasteiger partial charge in [0.05, 0.1) is 0 Å². The van der Waals surface area contributed by atoms with Crippen molar-refractivity contribution in [1.29, 1.82) is 0 Å². The summed E-state index contributed by atoms with van der Waals surface area (Å²) in [6.07, 6.45) is 2.23. The van der Waals surface area contributed by atoms with Gasteiger partial charge in [0.1, 0.15) is 5.58 Å². The average molecular weight is 354 g/mol. The van der Waals surface area contributed by atoms with Gasteiger partial charge in [0.2, 0.25) is 0 Å². The first kappa shape index (κ1) is 16.2. The van der Waals surface area contributed by atoms with Gasteiger partial charge in [-0.1, -0.05) is 29.3 Å². The first-order valence-electron chi connectivity index (χ1n) is 8.58. The third-order valence-electron chi connectivity index (χ3n) is 4.92. The Labute approximate surface area is 151 Å². The number of fused-ring (bicyclic) bond motifs is 2. The summed E-state index contributed by atoms with van der Waals surface area (Å²) in [6, 6.07) is 11.9. The van der Waals surface area contributed by atoms with E-state index in [1.165, 1.54) is 16.8 Å². The van der Waals surface area contributed by atoms with E-state index in [0.717, 1.165) is 35.9 Å². The van der Waals surface area contributed by atoms with Crippen LogP contribution in [0.1, 0.15) is 28.7 Å². The Morgan fingerprint density at radius 2 is 2.00 bits per heavy atom. The lowest BCUT2D eigenvalue weighted by atomic mass is 9.98. The van der Waals surface area contributed by atoms with Crippen molar-refractivity contribution in [1.82, 2.24) is 0 Å². The van der Waals surface area contributed by atoms with Crippen molar-refractivity contribution in [3.05, 3.63) is 74.1 Å². The van der Waals surface area contributed by atoms with Crippen LogP contribution in [0.3, 0.4) is 0 Å². The second-order valence-electron chi connectivity index (χ2n) is 6.85. The predicted molar refractivity (Wildman–Crippen MR) is 103 cm³/mol. The van der Waals surface area contributed by atoms with Gasteiger partial charge in [-0.2, -0.15) is 0 Å². The lowest BCUT2D eigenvalue weighted by molar-refractivity contribution is 0.557. The summed E-state index contributed by atoms with van der Waals surface area (Å²) in [7, 11) is 0. The standard InChI is InChI=1S/C21H20ClNO2/c1-13-5-6-19-15(8-13)4-3-7-23(19)12-16-10-21(24)25-20-9-14(2)18(22)11-17(16)20/h5-6,8-11H,3-4,7,12H2,1-2H3. The predicted octanol–water partition coefficient (Wildman–Crippen LogP) is 5.02. The summed E-state index contributed by atoms with van der Waals surface area (Å²) in [5.41, 5.74) is 6.09. The van der Waals surface area contributed by atoms with Crippen molar-refractivity contribution in [2.75, 3.05) is 11.4 Å². The van der Waals surface area contributed by atoms with Gasteiger partial charge in [-0.25, -0.2) is 4.79 Å². The molecular formula is C21H20ClNO2. The maximum atomic E-state index is 12.0. The van der Waals surface area contributed by atoms with Gasteiger partial charge in [-0.15, -0.1) is 0 Å². The zero-order valence-electron chi connectivity index (χ0n) is 14.4. The highest BCUT2D eigenvalue weighted by Crippen LogP contribution is 2.31. The molecule has 0 saturated carbocycles. The van der Waals surface area contributed by atoms with Crippen LogP contribution in [0.4, 0.5) is 5.69 Å². The second kappa shape index (κ2) is 6.23. The second-order valence-corrected chi connectivity index (χ2v) is 7.25. The zero-order chi connectivity index (χ0) is 17.6. The van der Waals surface area contributed by atoms with E-state index in [9.17, 15) is 4.79 Å². The molecule has 0 saturated heterocycles. The third kappa shape index (κ3) is 3.05. The number of halogens is 1. The molecule has 0 fully saturated rings. The largest absolute Gasteiger partial charge is 0.423 e. The molecule has 3 aromatic rings. The van der Waals surface area contributed by atoms with Crippen LogP contribution in [0.15, 0.2) is 45.6 Å².